The molecule has 0 unspecified atom stereocenters. The van der Waals surface area contributed by atoms with E-state index in [4.69, 9.17) is 0 Å². The Hall–Kier alpha value is -4.19. The fourth-order valence-electron chi connectivity index (χ4n) is 4.17. The Labute approximate surface area is 190 Å². The van der Waals surface area contributed by atoms with E-state index in [1.165, 1.54) is 29.2 Å². The van der Waals surface area contributed by atoms with E-state index in [9.17, 15) is 14.0 Å². The third kappa shape index (κ3) is 4.15. The third-order valence-corrected chi connectivity index (χ3v) is 5.86. The van der Waals surface area contributed by atoms with Gasteiger partial charge in [0.25, 0.3) is 11.8 Å². The number of carbonyl (C=O) groups excluding carboxylic acids is 2. The number of nitrogens with zero attached hydrogens (tertiary/aromatic N) is 1. The molecular weight excluding hydrogens is 417 g/mol. The van der Waals surface area contributed by atoms with Gasteiger partial charge in [-0.3, -0.25) is 9.59 Å². The van der Waals surface area contributed by atoms with Gasteiger partial charge < -0.3 is 15.2 Å². The first-order chi connectivity index (χ1) is 16.1. The molecule has 1 aliphatic rings. The molecule has 33 heavy (non-hydrogen) atoms. The van der Waals surface area contributed by atoms with Crippen LogP contribution in [0.1, 0.15) is 27.2 Å². The first-order valence-corrected chi connectivity index (χ1v) is 10.8. The summed E-state index contributed by atoms with van der Waals surface area (Å²) in [6.07, 6.45) is 2.19. The van der Waals surface area contributed by atoms with Crippen LogP contribution in [0.15, 0.2) is 85.1 Å². The van der Waals surface area contributed by atoms with Gasteiger partial charge in [-0.05, 0) is 47.9 Å². The Morgan fingerprint density at radius 2 is 1.67 bits per heavy atom. The number of carbonyl (C=O) groups is 2. The van der Waals surface area contributed by atoms with Crippen molar-refractivity contribution < 1.29 is 14.0 Å². The number of nitrogens with one attached hydrogen (secondary N) is 2. The number of halogens is 1. The zero-order chi connectivity index (χ0) is 22.8. The minimum absolute atomic E-state index is 0.273. The van der Waals surface area contributed by atoms with Crippen molar-refractivity contribution in [2.24, 2.45) is 0 Å². The van der Waals surface area contributed by atoms with Crippen LogP contribution in [-0.2, 0) is 17.8 Å². The van der Waals surface area contributed by atoms with Crippen molar-refractivity contribution in [3.63, 3.8) is 0 Å². The van der Waals surface area contributed by atoms with Crippen LogP contribution in [0, 0.1) is 5.82 Å². The molecule has 2 heterocycles. The second kappa shape index (κ2) is 8.74. The molecule has 1 aromatic heterocycles. The lowest BCUT2D eigenvalue weighted by Crippen LogP contribution is -2.29. The van der Waals surface area contributed by atoms with Crippen molar-refractivity contribution in [1.82, 2.24) is 15.2 Å². The molecule has 0 saturated carbocycles. The summed E-state index contributed by atoms with van der Waals surface area (Å²) in [7, 11) is 0. The Bertz CT molecular complexity index is 1360. The van der Waals surface area contributed by atoms with E-state index in [0.29, 0.717) is 30.6 Å². The predicted molar refractivity (Wildman–Crippen MR) is 126 cm³/mol. The molecule has 0 bridgehead atoms. The van der Waals surface area contributed by atoms with Crippen LogP contribution < -0.4 is 5.32 Å². The minimum Gasteiger partial charge on any atom is -0.354 e. The van der Waals surface area contributed by atoms with Crippen LogP contribution in [0.25, 0.3) is 16.5 Å². The summed E-state index contributed by atoms with van der Waals surface area (Å²) in [5, 5.41) is 4.01. The highest BCUT2D eigenvalue weighted by Crippen LogP contribution is 2.31. The summed E-state index contributed by atoms with van der Waals surface area (Å²) in [6, 6.07) is 23.0. The van der Waals surface area contributed by atoms with Gasteiger partial charge in [-0.2, -0.15) is 0 Å². The van der Waals surface area contributed by atoms with E-state index in [-0.39, 0.29) is 11.8 Å². The number of fused-ring (bicyclic) bond motifs is 3. The summed E-state index contributed by atoms with van der Waals surface area (Å²) >= 11 is 0. The Balaban J connectivity index is 1.52. The molecule has 6 heteroatoms. The smallest absolute Gasteiger partial charge is 0.257 e. The normalized spacial score (nSPS) is 13.2. The molecule has 0 aliphatic carbocycles. The first kappa shape index (κ1) is 20.7. The van der Waals surface area contributed by atoms with Gasteiger partial charge in [-0.1, -0.05) is 48.5 Å². The molecule has 0 radical (unpaired) electrons. The lowest BCUT2D eigenvalue weighted by atomic mass is 10.0. The van der Waals surface area contributed by atoms with Crippen molar-refractivity contribution in [2.45, 2.75) is 13.0 Å². The van der Waals surface area contributed by atoms with Gasteiger partial charge in [0.1, 0.15) is 5.82 Å². The molecule has 2 amide bonds. The highest BCUT2D eigenvalue weighted by molar-refractivity contribution is 6.21. The number of hydrogen-bond acceptors (Lipinski definition) is 2. The monoisotopic (exact) mass is 439 g/mol. The number of amides is 2. The summed E-state index contributed by atoms with van der Waals surface area (Å²) in [5.41, 5.74) is 4.41. The quantitative estimate of drug-likeness (QED) is 0.486. The lowest BCUT2D eigenvalue weighted by Gasteiger charge is -2.18. The maximum atomic E-state index is 13.3. The van der Waals surface area contributed by atoms with Gasteiger partial charge in [0, 0.05) is 35.8 Å². The van der Waals surface area contributed by atoms with E-state index < -0.39 is 5.82 Å². The van der Waals surface area contributed by atoms with Gasteiger partial charge in [0.2, 0.25) is 0 Å². The number of hydrogen-bond donors (Lipinski definition) is 2. The Morgan fingerprint density at radius 1 is 0.939 bits per heavy atom. The SMILES string of the molecule is O=C(NCc1ccccc1)C1=CN(C(=O)c2ccc(F)cc2)CCc2c1[nH]c1ccccc21. The lowest BCUT2D eigenvalue weighted by molar-refractivity contribution is -0.115. The second-order valence-electron chi connectivity index (χ2n) is 7.99. The van der Waals surface area contributed by atoms with Crippen LogP contribution in [0.2, 0.25) is 0 Å². The fraction of sp³-hybridized carbons (Fsp3) is 0.111. The maximum absolute atomic E-state index is 13.3. The highest BCUT2D eigenvalue weighted by Gasteiger charge is 2.26. The molecule has 1 aliphatic heterocycles. The zero-order valence-electron chi connectivity index (χ0n) is 17.8. The van der Waals surface area contributed by atoms with Crippen LogP contribution in [-0.4, -0.2) is 28.2 Å². The molecule has 0 fully saturated rings. The highest BCUT2D eigenvalue weighted by atomic mass is 19.1. The number of aromatic amines is 1. The average molecular weight is 439 g/mol. The fourth-order valence-corrected chi connectivity index (χ4v) is 4.17. The van der Waals surface area contributed by atoms with E-state index >= 15 is 0 Å². The Kier molecular flexibility index (Phi) is 5.48. The molecule has 5 nitrogen and oxygen atoms in total. The van der Waals surface area contributed by atoms with Gasteiger partial charge in [-0.25, -0.2) is 4.39 Å². The number of rotatable bonds is 4. The van der Waals surface area contributed by atoms with Crippen LogP contribution in [0.3, 0.4) is 0 Å². The van der Waals surface area contributed by atoms with E-state index in [1.807, 2.05) is 54.6 Å². The van der Waals surface area contributed by atoms with E-state index in [1.54, 1.807) is 6.20 Å². The van der Waals surface area contributed by atoms with Crippen LogP contribution >= 0.6 is 0 Å². The van der Waals surface area contributed by atoms with E-state index in [0.717, 1.165) is 27.7 Å². The van der Waals surface area contributed by atoms with Crippen molar-refractivity contribution >= 4 is 28.3 Å². The van der Waals surface area contributed by atoms with Crippen molar-refractivity contribution in [3.05, 3.63) is 113 Å². The molecule has 2 N–H and O–H groups in total. The van der Waals surface area contributed by atoms with Gasteiger partial charge in [-0.15, -0.1) is 0 Å². The summed E-state index contributed by atoms with van der Waals surface area (Å²) in [6.45, 7) is 0.777. The molecule has 164 valence electrons. The predicted octanol–water partition coefficient (Wildman–Crippen LogP) is 4.66. The topological polar surface area (TPSA) is 65.2 Å². The molecule has 0 spiro atoms. The summed E-state index contributed by atoms with van der Waals surface area (Å²) in [5.74, 6) is -0.955. The average Bonchev–Trinajstić information content (AvgIpc) is 3.11. The van der Waals surface area contributed by atoms with Crippen molar-refractivity contribution in [1.29, 1.82) is 0 Å². The van der Waals surface area contributed by atoms with Gasteiger partial charge in [0.05, 0.1) is 11.3 Å². The molecule has 5 rings (SSSR count). The summed E-state index contributed by atoms with van der Waals surface area (Å²) in [4.78, 5) is 31.4. The van der Waals surface area contributed by atoms with Crippen molar-refractivity contribution in [2.75, 3.05) is 6.54 Å². The van der Waals surface area contributed by atoms with Gasteiger partial charge >= 0.3 is 0 Å². The largest absolute Gasteiger partial charge is 0.354 e. The number of para-hydroxylation sites is 1. The van der Waals surface area contributed by atoms with Crippen LogP contribution in [0.4, 0.5) is 4.39 Å². The van der Waals surface area contributed by atoms with Crippen molar-refractivity contribution in [3.8, 4) is 0 Å². The molecular formula is C27H22FN3O2. The van der Waals surface area contributed by atoms with Crippen LogP contribution in [0.5, 0.6) is 0 Å². The minimum atomic E-state index is -0.402. The third-order valence-electron chi connectivity index (χ3n) is 5.86. The zero-order valence-corrected chi connectivity index (χ0v) is 17.8. The Morgan fingerprint density at radius 3 is 2.45 bits per heavy atom. The number of aromatic nitrogens is 1. The summed E-state index contributed by atoms with van der Waals surface area (Å²) < 4.78 is 13.3. The number of H-pyrrole nitrogens is 1. The maximum Gasteiger partial charge on any atom is 0.257 e. The number of benzene rings is 3. The standard InChI is InChI=1S/C27H22FN3O2/c28-20-12-10-19(11-13-20)27(33)31-15-14-22-21-8-4-5-9-24(21)30-25(22)23(17-31)26(32)29-16-18-6-2-1-3-7-18/h1-13,17,30H,14-16H2,(H,29,32). The molecule has 0 saturated heterocycles. The molecule has 4 aromatic rings. The second-order valence-corrected chi connectivity index (χ2v) is 7.99. The van der Waals surface area contributed by atoms with Gasteiger partial charge in [0.15, 0.2) is 0 Å². The molecule has 3 aromatic carbocycles. The van der Waals surface area contributed by atoms with E-state index in [2.05, 4.69) is 10.3 Å². The first-order valence-electron chi connectivity index (χ1n) is 10.8. The molecule has 0 atom stereocenters.